The van der Waals surface area contributed by atoms with Crippen LogP contribution in [0.1, 0.15) is 76.8 Å². The lowest BCUT2D eigenvalue weighted by Gasteiger charge is -2.40. The smallest absolute Gasteiger partial charge is 0.291 e. The number of piperidine rings is 2. The second-order valence-electron chi connectivity index (χ2n) is 17.1. The Morgan fingerprint density at radius 3 is 2.31 bits per heavy atom. The van der Waals surface area contributed by atoms with Crippen LogP contribution in [0.15, 0.2) is 48.8 Å². The number of aromatic nitrogens is 2. The molecule has 3 aromatic rings. The number of nitrogens with zero attached hydrogens (tertiary/aromatic N) is 9. The fraction of sp³-hybridized carbons (Fsp3) is 0.488. The molecule has 59 heavy (non-hydrogen) atoms. The fourth-order valence-electron chi connectivity index (χ4n) is 10.1. The van der Waals surface area contributed by atoms with Gasteiger partial charge in [-0.25, -0.2) is 14.8 Å². The van der Waals surface area contributed by atoms with Crippen molar-refractivity contribution in [3.63, 3.8) is 0 Å². The monoisotopic (exact) mass is 818 g/mol. The maximum atomic E-state index is 13.5. The minimum atomic E-state index is -0.986. The van der Waals surface area contributed by atoms with E-state index < -0.39 is 29.7 Å². The topological polar surface area (TPSA) is 147 Å². The Morgan fingerprint density at radius 1 is 0.881 bits per heavy atom. The number of imide groups is 2. The summed E-state index contributed by atoms with van der Waals surface area (Å²) < 4.78 is 0. The van der Waals surface area contributed by atoms with E-state index in [0.29, 0.717) is 35.8 Å². The highest BCUT2D eigenvalue weighted by atomic mass is 35.5. The van der Waals surface area contributed by atoms with E-state index in [4.69, 9.17) is 18.2 Å². The third-order valence-electron chi connectivity index (χ3n) is 13.4. The summed E-state index contributed by atoms with van der Waals surface area (Å²) in [7, 11) is 0. The highest BCUT2D eigenvalue weighted by molar-refractivity contribution is 6.33. The van der Waals surface area contributed by atoms with Crippen molar-refractivity contribution in [2.45, 2.75) is 57.5 Å². The lowest BCUT2D eigenvalue weighted by Crippen LogP contribution is -2.54. The van der Waals surface area contributed by atoms with Crippen molar-refractivity contribution >= 4 is 63.9 Å². The molecule has 5 amide bonds. The number of fused-ring (bicyclic) bond motifs is 1. The molecular formula is C43H47ClN10O5. The quantitative estimate of drug-likeness (QED) is 0.270. The van der Waals surface area contributed by atoms with Crippen molar-refractivity contribution in [1.29, 1.82) is 0 Å². The number of halogens is 1. The molecule has 2 aromatic carbocycles. The molecule has 9 rings (SSSR count). The molecule has 5 saturated heterocycles. The van der Waals surface area contributed by atoms with Crippen LogP contribution in [0.5, 0.6) is 0 Å². The Kier molecular flexibility index (Phi) is 10.2. The zero-order valence-electron chi connectivity index (χ0n) is 33.1. The minimum Gasteiger partial charge on any atom is -0.369 e. The number of carbonyl (C=O) groups excluding carboxylic acids is 5. The molecular weight excluding hydrogens is 772 g/mol. The Bertz CT molecular complexity index is 2250. The molecule has 0 bridgehead atoms. The van der Waals surface area contributed by atoms with E-state index in [0.717, 1.165) is 100 Å². The summed E-state index contributed by atoms with van der Waals surface area (Å²) in [5.41, 5.74) is 4.12. The number of amides is 5. The van der Waals surface area contributed by atoms with Gasteiger partial charge in [-0.2, -0.15) is 0 Å². The molecule has 0 aliphatic carbocycles. The SMILES string of the molecule is [C-]#[N+]c1ccc(N2CC3(CCN(c4cnc(C(=O)N5CC[C@@H](CN6CCN(c7ccc8c(c7)C(=O)N(C7CCC(=O)NC7=O)C8=O)CC6)C5)nc4)CC3)C[C@@H]2C)cc1Cl. The van der Waals surface area contributed by atoms with Crippen LogP contribution >= 0.6 is 11.6 Å². The van der Waals surface area contributed by atoms with Gasteiger partial charge in [-0.15, -0.1) is 0 Å². The lowest BCUT2D eigenvalue weighted by molar-refractivity contribution is -0.136. The van der Waals surface area contributed by atoms with Gasteiger partial charge in [-0.1, -0.05) is 17.7 Å². The van der Waals surface area contributed by atoms with Gasteiger partial charge in [0, 0.05) is 94.3 Å². The van der Waals surface area contributed by atoms with Crippen LogP contribution in [0.3, 0.4) is 0 Å². The van der Waals surface area contributed by atoms with Gasteiger partial charge in [-0.05, 0) is 80.7 Å². The normalized spacial score (nSPS) is 24.6. The van der Waals surface area contributed by atoms with Crippen LogP contribution in [0.2, 0.25) is 5.02 Å². The van der Waals surface area contributed by atoms with Gasteiger partial charge in [-0.3, -0.25) is 39.1 Å². The van der Waals surface area contributed by atoms with Crippen molar-refractivity contribution in [3.8, 4) is 0 Å². The molecule has 1 aromatic heterocycles. The second kappa shape index (κ2) is 15.5. The van der Waals surface area contributed by atoms with Gasteiger partial charge >= 0.3 is 0 Å². The summed E-state index contributed by atoms with van der Waals surface area (Å²) in [5, 5.41) is 2.74. The summed E-state index contributed by atoms with van der Waals surface area (Å²) in [6, 6.07) is 10.4. The number of benzene rings is 2. The molecule has 3 atom stereocenters. The number of anilines is 3. The van der Waals surface area contributed by atoms with E-state index in [1.54, 1.807) is 24.5 Å². The predicted octanol–water partition coefficient (Wildman–Crippen LogP) is 4.25. The number of hydrogen-bond donors (Lipinski definition) is 1. The van der Waals surface area contributed by atoms with Gasteiger partial charge in [0.2, 0.25) is 23.3 Å². The highest BCUT2D eigenvalue weighted by Crippen LogP contribution is 2.46. The molecule has 1 N–H and O–H groups in total. The molecule has 306 valence electrons. The van der Waals surface area contributed by atoms with E-state index in [1.807, 2.05) is 29.2 Å². The lowest BCUT2D eigenvalue weighted by atomic mass is 9.76. The number of hydrogen-bond acceptors (Lipinski definition) is 11. The molecule has 5 fully saturated rings. The Balaban J connectivity index is 0.733. The van der Waals surface area contributed by atoms with Gasteiger partial charge in [0.1, 0.15) is 6.04 Å². The molecule has 0 radical (unpaired) electrons. The van der Waals surface area contributed by atoms with Gasteiger partial charge in [0.15, 0.2) is 0 Å². The van der Waals surface area contributed by atoms with Crippen LogP contribution in [-0.4, -0.2) is 132 Å². The van der Waals surface area contributed by atoms with Gasteiger partial charge < -0.3 is 19.6 Å². The molecule has 1 unspecified atom stereocenters. The molecule has 16 heteroatoms. The summed E-state index contributed by atoms with van der Waals surface area (Å²) in [6.07, 6.45) is 7.92. The van der Waals surface area contributed by atoms with Crippen molar-refractivity contribution in [1.82, 2.24) is 30.0 Å². The van der Waals surface area contributed by atoms with E-state index in [9.17, 15) is 24.0 Å². The average molecular weight is 819 g/mol. The maximum Gasteiger partial charge on any atom is 0.291 e. The van der Waals surface area contributed by atoms with Crippen molar-refractivity contribution < 1.29 is 24.0 Å². The highest BCUT2D eigenvalue weighted by Gasteiger charge is 2.46. The second-order valence-corrected chi connectivity index (χ2v) is 17.5. The van der Waals surface area contributed by atoms with Crippen molar-refractivity contribution in [2.75, 3.05) is 80.1 Å². The zero-order chi connectivity index (χ0) is 41.0. The number of nitrogens with one attached hydrogen (secondary N) is 1. The Morgan fingerprint density at radius 2 is 1.59 bits per heavy atom. The number of piperazine rings is 1. The van der Waals surface area contributed by atoms with Crippen LogP contribution in [-0.2, 0) is 9.59 Å². The molecule has 6 aliphatic heterocycles. The number of carbonyl (C=O) groups is 5. The Hall–Kier alpha value is -5.59. The maximum absolute atomic E-state index is 13.5. The van der Waals surface area contributed by atoms with Crippen LogP contribution in [0.4, 0.5) is 22.7 Å². The zero-order valence-corrected chi connectivity index (χ0v) is 33.9. The van der Waals surface area contributed by atoms with Crippen LogP contribution in [0.25, 0.3) is 4.85 Å². The largest absolute Gasteiger partial charge is 0.369 e. The average Bonchev–Trinajstić information content (AvgIpc) is 3.91. The predicted molar refractivity (Wildman–Crippen MR) is 221 cm³/mol. The molecule has 6 aliphatic rings. The van der Waals surface area contributed by atoms with Crippen LogP contribution in [0, 0.1) is 17.9 Å². The van der Waals surface area contributed by atoms with E-state index >= 15 is 0 Å². The first-order chi connectivity index (χ1) is 28.5. The van der Waals surface area contributed by atoms with Crippen LogP contribution < -0.4 is 20.0 Å². The number of likely N-dealkylation sites (tertiary alicyclic amines) is 1. The van der Waals surface area contributed by atoms with Gasteiger partial charge in [0.25, 0.3) is 17.7 Å². The first-order valence-corrected chi connectivity index (χ1v) is 21.0. The van der Waals surface area contributed by atoms with E-state index in [1.165, 1.54) is 0 Å². The summed E-state index contributed by atoms with van der Waals surface area (Å²) in [4.78, 5) is 88.9. The number of rotatable bonds is 7. The third kappa shape index (κ3) is 7.37. The molecule has 15 nitrogen and oxygen atoms in total. The summed E-state index contributed by atoms with van der Waals surface area (Å²) in [5.74, 6) is -1.58. The van der Waals surface area contributed by atoms with Crippen molar-refractivity contribution in [3.05, 3.63) is 82.2 Å². The van der Waals surface area contributed by atoms with E-state index in [-0.39, 0.29) is 41.1 Å². The fourth-order valence-corrected chi connectivity index (χ4v) is 10.4. The Labute approximate surface area is 348 Å². The summed E-state index contributed by atoms with van der Waals surface area (Å²) in [6.45, 7) is 17.7. The minimum absolute atomic E-state index is 0.0825. The standard InChI is InChI=1S/C43H47ClN10O5/c1-27-21-43(26-53(27)30-4-6-35(45-2)34(44)20-30)10-13-50(14-11-43)31-22-46-38(47-23-31)42(59)52-12-9-28(25-52)24-49-15-17-51(18-16-49)29-3-5-32-33(19-29)41(58)54(40(32)57)36-7-8-37(55)48-39(36)56/h3-6,19-20,22-23,27-28,36H,7-18,21,24-26H2,1H3,(H,48,55,56)/t27-,28-,36?/m0/s1. The third-order valence-corrected chi connectivity index (χ3v) is 13.7. The first kappa shape index (κ1) is 38.9. The van der Waals surface area contributed by atoms with E-state index in [2.05, 4.69) is 46.7 Å². The summed E-state index contributed by atoms with van der Waals surface area (Å²) >= 11 is 6.38. The first-order valence-electron chi connectivity index (χ1n) is 20.6. The molecule has 0 saturated carbocycles. The van der Waals surface area contributed by atoms with Crippen molar-refractivity contribution in [2.24, 2.45) is 11.3 Å². The molecule has 1 spiro atoms. The molecule has 7 heterocycles. The van der Waals surface area contributed by atoms with Gasteiger partial charge in [0.05, 0.1) is 35.8 Å².